The summed E-state index contributed by atoms with van der Waals surface area (Å²) in [5.74, 6) is 0.886. The molecule has 0 bridgehead atoms. The van der Waals surface area contributed by atoms with Gasteiger partial charge in [0, 0.05) is 12.9 Å². The second kappa shape index (κ2) is 6.97. The van der Waals surface area contributed by atoms with Crippen LogP contribution < -0.4 is 5.73 Å². The highest BCUT2D eigenvalue weighted by molar-refractivity contribution is 7.80. The fourth-order valence-corrected chi connectivity index (χ4v) is 2.82. The number of rotatable bonds is 6. The average molecular weight is 341 g/mol. The Labute approximate surface area is 138 Å². The van der Waals surface area contributed by atoms with Crippen molar-refractivity contribution in [3.8, 4) is 0 Å². The zero-order chi connectivity index (χ0) is 16.4. The number of nitrogen functional groups attached to an aromatic ring is 1. The van der Waals surface area contributed by atoms with E-state index in [9.17, 15) is 5.11 Å². The van der Waals surface area contributed by atoms with Crippen molar-refractivity contribution in [2.45, 2.75) is 24.5 Å². The molecule has 2 aromatic rings. The van der Waals surface area contributed by atoms with Crippen molar-refractivity contribution >= 4 is 29.6 Å². The second-order valence-corrected chi connectivity index (χ2v) is 5.58. The second-order valence-electron chi connectivity index (χ2n) is 5.14. The lowest BCUT2D eigenvalue weighted by molar-refractivity contribution is -0.0671. The van der Waals surface area contributed by atoms with E-state index >= 15 is 0 Å². The Kier molecular flexibility index (Phi) is 4.97. The Bertz CT molecular complexity index is 669. The maximum absolute atomic E-state index is 10.5. The van der Waals surface area contributed by atoms with Gasteiger partial charge >= 0.3 is 0 Å². The first-order valence-corrected chi connectivity index (χ1v) is 7.78. The third-order valence-electron chi connectivity index (χ3n) is 3.76. The molecule has 1 aliphatic heterocycles. The van der Waals surface area contributed by atoms with Crippen LogP contribution in [0.1, 0.15) is 6.23 Å². The van der Waals surface area contributed by atoms with E-state index in [1.165, 1.54) is 19.8 Å². The minimum absolute atomic E-state index is 0.276. The number of nitrogens with two attached hydrogens (primary N) is 1. The van der Waals surface area contributed by atoms with E-state index in [0.29, 0.717) is 30.1 Å². The SMILES string of the molecule is COC1C(O)[C@H](n2cnc3c(N)ncnc32)O[C@@H]1COCCS. The van der Waals surface area contributed by atoms with Crippen molar-refractivity contribution in [1.82, 2.24) is 19.5 Å². The van der Waals surface area contributed by atoms with Gasteiger partial charge in [0.05, 0.1) is 19.5 Å². The monoisotopic (exact) mass is 341 g/mol. The first kappa shape index (κ1) is 16.4. The Hall–Kier alpha value is -1.46. The molecule has 1 fully saturated rings. The van der Waals surface area contributed by atoms with E-state index in [4.69, 9.17) is 19.9 Å². The summed E-state index contributed by atoms with van der Waals surface area (Å²) in [4.78, 5) is 12.3. The maximum Gasteiger partial charge on any atom is 0.167 e. The van der Waals surface area contributed by atoms with E-state index in [1.807, 2.05) is 0 Å². The van der Waals surface area contributed by atoms with Crippen LogP contribution in [0.4, 0.5) is 5.82 Å². The van der Waals surface area contributed by atoms with Gasteiger partial charge in [-0.25, -0.2) is 15.0 Å². The molecular weight excluding hydrogens is 322 g/mol. The van der Waals surface area contributed by atoms with Crippen molar-refractivity contribution in [3.63, 3.8) is 0 Å². The first-order chi connectivity index (χ1) is 11.2. The molecular formula is C13H19N5O4S. The fraction of sp³-hybridized carbons (Fsp3) is 0.615. The Morgan fingerprint density at radius 3 is 3.00 bits per heavy atom. The normalized spacial score (nSPS) is 27.8. The predicted molar refractivity (Wildman–Crippen MR) is 85.1 cm³/mol. The molecule has 1 saturated heterocycles. The third-order valence-corrected chi connectivity index (χ3v) is 3.94. The minimum Gasteiger partial charge on any atom is -0.386 e. The summed E-state index contributed by atoms with van der Waals surface area (Å²) in [6.45, 7) is 0.800. The van der Waals surface area contributed by atoms with Gasteiger partial charge in [-0.1, -0.05) is 0 Å². The van der Waals surface area contributed by atoms with E-state index in [0.717, 1.165) is 0 Å². The molecule has 3 N–H and O–H groups in total. The molecule has 10 heteroatoms. The van der Waals surface area contributed by atoms with Crippen molar-refractivity contribution in [2.75, 3.05) is 31.8 Å². The summed E-state index contributed by atoms with van der Waals surface area (Å²) in [6, 6.07) is 0. The zero-order valence-electron chi connectivity index (χ0n) is 12.6. The van der Waals surface area contributed by atoms with Crippen molar-refractivity contribution < 1.29 is 19.3 Å². The molecule has 0 aromatic carbocycles. The van der Waals surface area contributed by atoms with Crippen LogP contribution >= 0.6 is 12.6 Å². The van der Waals surface area contributed by atoms with Crippen LogP contribution in [-0.4, -0.2) is 69.0 Å². The van der Waals surface area contributed by atoms with Crippen LogP contribution in [-0.2, 0) is 14.2 Å². The predicted octanol–water partition coefficient (Wildman–Crippen LogP) is -0.372. The number of imidazole rings is 1. The average Bonchev–Trinajstić information content (AvgIpc) is 3.10. The van der Waals surface area contributed by atoms with Gasteiger partial charge in [-0.2, -0.15) is 12.6 Å². The van der Waals surface area contributed by atoms with Crippen LogP contribution in [0.3, 0.4) is 0 Å². The fourth-order valence-electron chi connectivity index (χ4n) is 2.69. The Morgan fingerprint density at radius 2 is 2.26 bits per heavy atom. The van der Waals surface area contributed by atoms with Gasteiger partial charge in [-0.05, 0) is 0 Å². The molecule has 0 aliphatic carbocycles. The summed E-state index contributed by atoms with van der Waals surface area (Å²) in [7, 11) is 1.53. The Morgan fingerprint density at radius 1 is 1.43 bits per heavy atom. The number of hydrogen-bond acceptors (Lipinski definition) is 9. The van der Waals surface area contributed by atoms with Gasteiger partial charge in [0.15, 0.2) is 17.7 Å². The topological polar surface area (TPSA) is 118 Å². The lowest BCUT2D eigenvalue weighted by Crippen LogP contribution is -2.35. The molecule has 0 spiro atoms. The summed E-state index contributed by atoms with van der Waals surface area (Å²) in [5, 5.41) is 10.5. The molecule has 0 saturated carbocycles. The largest absolute Gasteiger partial charge is 0.386 e. The molecule has 2 aromatic heterocycles. The molecule has 3 rings (SSSR count). The van der Waals surface area contributed by atoms with Crippen molar-refractivity contribution in [2.24, 2.45) is 0 Å². The number of thiol groups is 1. The zero-order valence-corrected chi connectivity index (χ0v) is 13.5. The molecule has 126 valence electrons. The molecule has 0 amide bonds. The smallest absolute Gasteiger partial charge is 0.167 e. The van der Waals surface area contributed by atoms with Gasteiger partial charge < -0.3 is 25.1 Å². The van der Waals surface area contributed by atoms with E-state index in [1.54, 1.807) is 4.57 Å². The lowest BCUT2D eigenvalue weighted by Gasteiger charge is -2.18. The van der Waals surface area contributed by atoms with E-state index < -0.39 is 24.5 Å². The highest BCUT2D eigenvalue weighted by Gasteiger charge is 2.45. The Balaban J connectivity index is 1.85. The number of aliphatic hydroxyl groups is 1. The van der Waals surface area contributed by atoms with E-state index in [-0.39, 0.29) is 5.82 Å². The molecule has 4 atom stereocenters. The molecule has 0 radical (unpaired) electrons. The van der Waals surface area contributed by atoms with Crippen LogP contribution in [0.25, 0.3) is 11.2 Å². The van der Waals surface area contributed by atoms with Gasteiger partial charge in [0.2, 0.25) is 0 Å². The standard InChI is InChI=1S/C13H19N5O4S/c1-20-10-7(4-21-2-3-23)22-13(9(10)19)18-6-17-8-11(14)15-5-16-12(8)18/h5-7,9-10,13,19,23H,2-4H2,1H3,(H2,14,15,16)/t7-,9?,10?,13-/m1/s1. The van der Waals surface area contributed by atoms with Crippen LogP contribution in [0.15, 0.2) is 12.7 Å². The highest BCUT2D eigenvalue weighted by Crippen LogP contribution is 2.33. The summed E-state index contributed by atoms with van der Waals surface area (Å²) in [5.41, 5.74) is 6.74. The van der Waals surface area contributed by atoms with Crippen LogP contribution in [0.2, 0.25) is 0 Å². The summed E-state index contributed by atoms with van der Waals surface area (Å²) < 4.78 is 18.4. The maximum atomic E-state index is 10.5. The quantitative estimate of drug-likeness (QED) is 0.481. The summed E-state index contributed by atoms with van der Waals surface area (Å²) in [6.07, 6.45) is 0.362. The number of nitrogens with zero attached hydrogens (tertiary/aromatic N) is 4. The van der Waals surface area contributed by atoms with Gasteiger partial charge in [0.1, 0.15) is 30.2 Å². The van der Waals surface area contributed by atoms with Crippen LogP contribution in [0.5, 0.6) is 0 Å². The van der Waals surface area contributed by atoms with E-state index in [2.05, 4.69) is 27.6 Å². The van der Waals surface area contributed by atoms with Gasteiger partial charge in [-0.15, -0.1) is 0 Å². The number of aromatic nitrogens is 4. The van der Waals surface area contributed by atoms with Crippen molar-refractivity contribution in [1.29, 1.82) is 0 Å². The molecule has 2 unspecified atom stereocenters. The molecule has 3 heterocycles. The van der Waals surface area contributed by atoms with Gasteiger partial charge in [0.25, 0.3) is 0 Å². The number of hydrogen-bond donors (Lipinski definition) is 3. The number of methoxy groups -OCH3 is 1. The van der Waals surface area contributed by atoms with Crippen molar-refractivity contribution in [3.05, 3.63) is 12.7 Å². The lowest BCUT2D eigenvalue weighted by atomic mass is 10.1. The number of aliphatic hydroxyl groups excluding tert-OH is 1. The minimum atomic E-state index is -0.891. The molecule has 23 heavy (non-hydrogen) atoms. The summed E-state index contributed by atoms with van der Waals surface area (Å²) >= 11 is 4.09. The molecule has 9 nitrogen and oxygen atoms in total. The number of fused-ring (bicyclic) bond motifs is 1. The number of anilines is 1. The third kappa shape index (κ3) is 3.00. The molecule has 1 aliphatic rings. The first-order valence-electron chi connectivity index (χ1n) is 7.15. The van der Waals surface area contributed by atoms with Crippen LogP contribution in [0, 0.1) is 0 Å². The van der Waals surface area contributed by atoms with Gasteiger partial charge in [-0.3, -0.25) is 4.57 Å². The number of ether oxygens (including phenoxy) is 3. The highest BCUT2D eigenvalue weighted by atomic mass is 32.1.